The first-order valence-electron chi connectivity index (χ1n) is 22.6. The smallest absolute Gasteiger partial charge is 0.338 e. The van der Waals surface area contributed by atoms with Crippen molar-refractivity contribution in [1.29, 1.82) is 0 Å². The van der Waals surface area contributed by atoms with E-state index in [0.29, 0.717) is 0 Å². The number of aliphatic hydroxyl groups excluding tert-OH is 2. The predicted octanol–water partition coefficient (Wildman–Crippen LogP) is 3.74. The Bertz CT molecular complexity index is 2550. The number of aliphatic hydroxyl groups is 3. The molecular weight excluding hydrogens is 803 g/mol. The summed E-state index contributed by atoms with van der Waals surface area (Å²) in [7, 11) is 0. The van der Waals surface area contributed by atoms with Crippen LogP contribution in [0.1, 0.15) is 93.6 Å². The second-order valence-corrected chi connectivity index (χ2v) is 17.0. The molecule has 1 heterocycles. The van der Waals surface area contributed by atoms with E-state index in [1.165, 1.54) is 64.1 Å². The van der Waals surface area contributed by atoms with Crippen LogP contribution in [0, 0.1) is 16.7 Å². The lowest BCUT2D eigenvalue weighted by Gasteiger charge is -2.67. The van der Waals surface area contributed by atoms with Crippen molar-refractivity contribution < 1.29 is 74.6 Å². The summed E-state index contributed by atoms with van der Waals surface area (Å²) < 4.78 is 70.8. The minimum atomic E-state index is -2.49. The summed E-state index contributed by atoms with van der Waals surface area (Å²) in [5.74, 6) is -7.99. The largest absolute Gasteiger partial charge is 0.456 e. The van der Waals surface area contributed by atoms with Gasteiger partial charge < -0.3 is 44.3 Å². The molecule has 2 saturated carbocycles. The highest BCUT2D eigenvalue weighted by Crippen LogP contribution is 2.64. The molecule has 11 atom stereocenters. The van der Waals surface area contributed by atoms with Crippen molar-refractivity contribution in [2.75, 3.05) is 6.61 Å². The van der Waals surface area contributed by atoms with Crippen LogP contribution in [0.15, 0.2) is 102 Å². The van der Waals surface area contributed by atoms with Crippen molar-refractivity contribution >= 4 is 35.6 Å². The van der Waals surface area contributed by atoms with Crippen molar-refractivity contribution in [2.45, 2.75) is 108 Å². The Labute approximate surface area is 365 Å². The minimum Gasteiger partial charge on any atom is -0.456 e. The van der Waals surface area contributed by atoms with Crippen molar-refractivity contribution in [3.8, 4) is 0 Å². The first-order valence-corrected chi connectivity index (χ1v) is 20.1. The lowest BCUT2D eigenvalue weighted by atomic mass is 9.44. The fourth-order valence-electron chi connectivity index (χ4n) is 9.95. The standard InChI is InChI=1S/C47H51NO14/c1-25-31(60-43(56)36(52)35(28-16-10-7-11-17-28)48-41(54)29-18-12-8-13-19-29)23-47(57)40(61-42(55)30-20-14-9-15-21-30)38-45(6,32(51)22-33-46(38,24-58-33)62-27(3)50)39(53)37(59-26(2)49)34(25)44(47,4)5/h7-21,31-33,35-38,40,51-52,57H,22-24H2,1-6H3,(H,48,54)/t31-,32-,33+,35-,36+,37+,38-,40-,45+,46-,47+/m1/s1/i8D,12D,13D,18D,19D. The van der Waals surface area contributed by atoms with Gasteiger partial charge >= 0.3 is 23.9 Å². The van der Waals surface area contributed by atoms with Crippen molar-refractivity contribution in [2.24, 2.45) is 16.7 Å². The first-order chi connectivity index (χ1) is 31.3. The van der Waals surface area contributed by atoms with E-state index >= 15 is 4.79 Å². The van der Waals surface area contributed by atoms with Gasteiger partial charge in [-0.25, -0.2) is 9.59 Å². The summed E-state index contributed by atoms with van der Waals surface area (Å²) >= 11 is 0. The van der Waals surface area contributed by atoms with Gasteiger partial charge in [0, 0.05) is 37.7 Å². The molecule has 1 saturated heterocycles. The van der Waals surface area contributed by atoms with Gasteiger partial charge in [0.1, 0.15) is 23.9 Å². The number of benzene rings is 3. The van der Waals surface area contributed by atoms with Crippen LogP contribution < -0.4 is 5.32 Å². The number of ether oxygens (including phenoxy) is 5. The van der Waals surface area contributed by atoms with Crippen LogP contribution in [0.4, 0.5) is 0 Å². The fourth-order valence-corrected chi connectivity index (χ4v) is 9.95. The maximum Gasteiger partial charge on any atom is 0.338 e. The van der Waals surface area contributed by atoms with Crippen molar-refractivity contribution in [1.82, 2.24) is 5.32 Å². The van der Waals surface area contributed by atoms with Gasteiger partial charge in [0.15, 0.2) is 23.6 Å². The molecular formula is C47H51NO14. The van der Waals surface area contributed by atoms with Gasteiger partial charge in [-0.2, -0.15) is 0 Å². The van der Waals surface area contributed by atoms with E-state index < -0.39 is 148 Å². The number of hydrogen-bond donors (Lipinski definition) is 4. The van der Waals surface area contributed by atoms with E-state index in [0.717, 1.165) is 13.8 Å². The average Bonchev–Trinajstić information content (AvgIpc) is 3.27. The average molecular weight is 859 g/mol. The number of carbonyl (C=O) groups is 6. The molecule has 1 aliphatic heterocycles. The first kappa shape index (κ1) is 38.0. The third kappa shape index (κ3) is 7.29. The molecule has 0 radical (unpaired) electrons. The van der Waals surface area contributed by atoms with Gasteiger partial charge in [0.25, 0.3) is 5.91 Å². The topological polar surface area (TPSA) is 221 Å². The molecule has 3 aromatic carbocycles. The summed E-state index contributed by atoms with van der Waals surface area (Å²) in [6, 6.07) is 9.44. The number of hydrogen-bond acceptors (Lipinski definition) is 14. The van der Waals surface area contributed by atoms with Gasteiger partial charge in [0.05, 0.1) is 42.5 Å². The quantitative estimate of drug-likeness (QED) is 0.130. The third-order valence-electron chi connectivity index (χ3n) is 13.2. The Morgan fingerprint density at radius 2 is 1.52 bits per heavy atom. The normalized spacial score (nSPS) is 33.0. The molecule has 4 aliphatic rings. The Hall–Kier alpha value is -5.74. The number of fused-ring (bicyclic) bond motifs is 5. The lowest BCUT2D eigenvalue weighted by Crippen LogP contribution is -2.82. The fraction of sp³-hybridized carbons (Fsp3) is 0.447. The van der Waals surface area contributed by atoms with Gasteiger partial charge in [-0.3, -0.25) is 19.2 Å². The number of Topliss-reactive ketones (excluding diaryl/α,β-unsaturated/α-hetero) is 1. The highest BCUT2D eigenvalue weighted by atomic mass is 16.6. The van der Waals surface area contributed by atoms with Gasteiger partial charge in [-0.15, -0.1) is 0 Å². The summed E-state index contributed by atoms with van der Waals surface area (Å²) in [5.41, 5.74) is -8.87. The molecule has 3 fully saturated rings. The molecule has 15 nitrogen and oxygen atoms in total. The molecule has 0 aromatic heterocycles. The van der Waals surface area contributed by atoms with E-state index in [9.17, 15) is 39.3 Å². The molecule has 3 aliphatic carbocycles. The molecule has 15 heteroatoms. The third-order valence-corrected chi connectivity index (χ3v) is 13.2. The molecule has 3 aromatic rings. The Morgan fingerprint density at radius 1 is 0.887 bits per heavy atom. The van der Waals surface area contributed by atoms with Gasteiger partial charge in [-0.1, -0.05) is 80.5 Å². The summed E-state index contributed by atoms with van der Waals surface area (Å²) in [5, 5.41) is 40.1. The van der Waals surface area contributed by atoms with E-state index in [2.05, 4.69) is 5.32 Å². The molecule has 0 unspecified atom stereocenters. The highest BCUT2D eigenvalue weighted by Gasteiger charge is 2.78. The summed E-state index contributed by atoms with van der Waals surface area (Å²) in [6.07, 6.45) is -11.4. The van der Waals surface area contributed by atoms with E-state index in [1.807, 2.05) is 0 Å². The SMILES string of the molecule is [2H]c1c([2H])c([2H])c(C(=O)N[C@H](c2ccccc2)[C@H](O)C(=O)O[C@@H]2C[C@]3(O)[C@H](OC(=O)c4ccccc4)[C@H]4[C@@]5(OC(C)=O)CO[C@H]5C[C@@H](O)[C@]4(C)C(=O)[C@@H](OC(C)=O)C(=C2C)C3(C)C)c([2H])c1[2H]. The molecule has 62 heavy (non-hydrogen) atoms. The van der Waals surface area contributed by atoms with Crippen LogP contribution in [-0.4, -0.2) is 105 Å². The number of esters is 4. The predicted molar refractivity (Wildman–Crippen MR) is 218 cm³/mol. The minimum absolute atomic E-state index is 0.0163. The van der Waals surface area contributed by atoms with Gasteiger partial charge in [-0.05, 0) is 54.8 Å². The monoisotopic (exact) mass is 858 g/mol. The van der Waals surface area contributed by atoms with Gasteiger partial charge in [0.2, 0.25) is 0 Å². The molecule has 2 bridgehead atoms. The Morgan fingerprint density at radius 3 is 2.10 bits per heavy atom. The number of nitrogens with one attached hydrogen (secondary N) is 1. The molecule has 328 valence electrons. The lowest BCUT2D eigenvalue weighted by molar-refractivity contribution is -0.346. The maximum atomic E-state index is 15.5. The van der Waals surface area contributed by atoms with Crippen LogP contribution in [-0.2, 0) is 42.9 Å². The highest BCUT2D eigenvalue weighted by molar-refractivity contribution is 5.96. The summed E-state index contributed by atoms with van der Waals surface area (Å²) in [4.78, 5) is 84.1. The zero-order chi connectivity index (χ0) is 49.3. The van der Waals surface area contributed by atoms with E-state index in [-0.39, 0.29) is 35.3 Å². The second kappa shape index (κ2) is 16.5. The van der Waals surface area contributed by atoms with Crippen LogP contribution in [0.25, 0.3) is 0 Å². The number of amides is 1. The van der Waals surface area contributed by atoms with Crippen LogP contribution in [0.2, 0.25) is 0 Å². The van der Waals surface area contributed by atoms with Crippen molar-refractivity contribution in [3.63, 3.8) is 0 Å². The van der Waals surface area contributed by atoms with Crippen molar-refractivity contribution in [3.05, 3.63) is 119 Å². The molecule has 0 spiro atoms. The maximum absolute atomic E-state index is 15.5. The zero-order valence-electron chi connectivity index (χ0n) is 39.8. The van der Waals surface area contributed by atoms with E-state index in [1.54, 1.807) is 24.3 Å². The second-order valence-electron chi connectivity index (χ2n) is 17.0. The van der Waals surface area contributed by atoms with Crippen LogP contribution in [0.5, 0.6) is 0 Å². The molecule has 4 N–H and O–H groups in total. The number of rotatable bonds is 10. The van der Waals surface area contributed by atoms with Crippen LogP contribution in [0.3, 0.4) is 0 Å². The number of ketones is 1. The van der Waals surface area contributed by atoms with Crippen LogP contribution >= 0.6 is 0 Å². The van der Waals surface area contributed by atoms with E-state index in [4.69, 9.17) is 30.5 Å². The Kier molecular flexibility index (Phi) is 10.1. The summed E-state index contributed by atoms with van der Waals surface area (Å²) in [6.45, 7) is 7.59. The molecule has 7 rings (SSSR count). The molecule has 1 amide bonds. The number of carbonyl (C=O) groups excluding carboxylic acids is 6. The Balaban J connectivity index is 1.38. The zero-order valence-corrected chi connectivity index (χ0v) is 34.8.